The largest absolute Gasteiger partial charge is 0.356 e. The van der Waals surface area contributed by atoms with E-state index >= 15 is 8.78 Å². The zero-order valence-corrected chi connectivity index (χ0v) is 16.1. The van der Waals surface area contributed by atoms with E-state index in [4.69, 9.17) is 0 Å². The number of hydrogen-bond acceptors (Lipinski definition) is 2. The Bertz CT molecular complexity index is 1460. The Labute approximate surface area is 170 Å². The predicted octanol–water partition coefficient (Wildman–Crippen LogP) is 4.88. The molecule has 5 rings (SSSR count). The summed E-state index contributed by atoms with van der Waals surface area (Å²) in [6, 6.07) is 15.3. The van der Waals surface area contributed by atoms with Gasteiger partial charge in [0.05, 0.1) is 23.8 Å². The van der Waals surface area contributed by atoms with Crippen molar-refractivity contribution in [3.8, 4) is 11.1 Å². The summed E-state index contributed by atoms with van der Waals surface area (Å²) in [6.07, 6.45) is 5.06. The predicted molar refractivity (Wildman–Crippen MR) is 113 cm³/mol. The van der Waals surface area contributed by atoms with Gasteiger partial charge in [-0.2, -0.15) is 0 Å². The van der Waals surface area contributed by atoms with Gasteiger partial charge in [0.25, 0.3) is 5.56 Å². The molecular weight excluding hydrogens is 384 g/mol. The van der Waals surface area contributed by atoms with Crippen LogP contribution in [-0.2, 0) is 13.6 Å². The van der Waals surface area contributed by atoms with Crippen LogP contribution in [0.5, 0.6) is 0 Å². The van der Waals surface area contributed by atoms with Crippen LogP contribution < -0.4 is 5.56 Å². The van der Waals surface area contributed by atoms with Crippen molar-refractivity contribution >= 4 is 21.8 Å². The molecule has 0 fully saturated rings. The summed E-state index contributed by atoms with van der Waals surface area (Å²) < 4.78 is 33.3. The van der Waals surface area contributed by atoms with Crippen molar-refractivity contribution in [3.63, 3.8) is 0 Å². The maximum Gasteiger partial charge on any atom is 0.269 e. The number of fused-ring (bicyclic) bond motifs is 2. The third kappa shape index (κ3) is 2.97. The number of nitrogens with zero attached hydrogens (tertiary/aromatic N) is 3. The molecule has 0 radical (unpaired) electrons. The molecule has 0 spiro atoms. The second kappa shape index (κ2) is 6.91. The van der Waals surface area contributed by atoms with Crippen molar-refractivity contribution in [2.24, 2.45) is 7.05 Å². The molecule has 0 unspecified atom stereocenters. The number of aromatic nitrogens is 3. The monoisotopic (exact) mass is 401 g/mol. The average Bonchev–Trinajstić information content (AvgIpc) is 3.12. The molecule has 0 saturated heterocycles. The Morgan fingerprint density at radius 3 is 2.53 bits per heavy atom. The zero-order chi connectivity index (χ0) is 20.8. The highest BCUT2D eigenvalue weighted by molar-refractivity contribution is 5.96. The topological polar surface area (TPSA) is 39.8 Å². The summed E-state index contributed by atoms with van der Waals surface area (Å²) in [5, 5.41) is 1.91. The lowest BCUT2D eigenvalue weighted by atomic mass is 9.99. The molecule has 3 aromatic carbocycles. The van der Waals surface area contributed by atoms with Gasteiger partial charge in [-0.05, 0) is 40.8 Å². The summed E-state index contributed by atoms with van der Waals surface area (Å²) in [6.45, 7) is -0.213. The number of rotatable bonds is 3. The first-order chi connectivity index (χ1) is 14.5. The van der Waals surface area contributed by atoms with Gasteiger partial charge in [0.15, 0.2) is 0 Å². The van der Waals surface area contributed by atoms with E-state index in [2.05, 4.69) is 4.98 Å². The molecule has 0 aliphatic heterocycles. The van der Waals surface area contributed by atoms with Crippen molar-refractivity contribution in [2.75, 3.05) is 0 Å². The molecule has 0 amide bonds. The third-order valence-electron chi connectivity index (χ3n) is 5.34. The minimum Gasteiger partial charge on any atom is -0.356 e. The standard InChI is InChI=1S/C24H17F2N3O/c1-28-12-15-5-4-6-17(18(15)13-28)16-9-20(25)19(21(26)10-16)14-29-23-8-3-2-7-22(23)27-11-24(29)30/h2-13H,14H2,1H3. The van der Waals surface area contributed by atoms with Crippen molar-refractivity contribution < 1.29 is 8.78 Å². The zero-order valence-electron chi connectivity index (χ0n) is 16.1. The van der Waals surface area contributed by atoms with E-state index in [1.165, 1.54) is 22.9 Å². The molecule has 0 atom stereocenters. The van der Waals surface area contributed by atoms with Gasteiger partial charge in [-0.1, -0.05) is 30.3 Å². The van der Waals surface area contributed by atoms with E-state index in [1.54, 1.807) is 24.3 Å². The molecule has 0 saturated carbocycles. The lowest BCUT2D eigenvalue weighted by Gasteiger charge is -2.13. The minimum absolute atomic E-state index is 0.155. The maximum atomic E-state index is 15.0. The number of benzene rings is 3. The van der Waals surface area contributed by atoms with Gasteiger partial charge in [0, 0.05) is 30.4 Å². The fraction of sp³-hybridized carbons (Fsp3) is 0.0833. The lowest BCUT2D eigenvalue weighted by molar-refractivity contribution is 0.545. The van der Waals surface area contributed by atoms with Crippen LogP contribution in [0.25, 0.3) is 32.9 Å². The lowest BCUT2D eigenvalue weighted by Crippen LogP contribution is -2.22. The van der Waals surface area contributed by atoms with E-state index in [0.717, 1.165) is 16.3 Å². The molecular formula is C24H17F2N3O. The molecule has 4 nitrogen and oxygen atoms in total. The van der Waals surface area contributed by atoms with E-state index in [1.807, 2.05) is 42.2 Å². The highest BCUT2D eigenvalue weighted by Crippen LogP contribution is 2.31. The summed E-state index contributed by atoms with van der Waals surface area (Å²) in [4.78, 5) is 16.4. The van der Waals surface area contributed by atoms with Crippen LogP contribution in [0.4, 0.5) is 8.78 Å². The van der Waals surface area contributed by atoms with Gasteiger partial charge < -0.3 is 9.13 Å². The molecule has 2 heterocycles. The van der Waals surface area contributed by atoms with Gasteiger partial charge in [-0.3, -0.25) is 4.79 Å². The Balaban J connectivity index is 1.63. The minimum atomic E-state index is -0.689. The van der Waals surface area contributed by atoms with Gasteiger partial charge in [-0.15, -0.1) is 0 Å². The van der Waals surface area contributed by atoms with Crippen molar-refractivity contribution in [1.82, 2.24) is 14.1 Å². The first-order valence-corrected chi connectivity index (χ1v) is 9.49. The van der Waals surface area contributed by atoms with Gasteiger partial charge in [0.2, 0.25) is 0 Å². The fourth-order valence-electron chi connectivity index (χ4n) is 3.90. The van der Waals surface area contributed by atoms with Crippen LogP contribution in [0.2, 0.25) is 0 Å². The summed E-state index contributed by atoms with van der Waals surface area (Å²) >= 11 is 0. The fourth-order valence-corrected chi connectivity index (χ4v) is 3.90. The Kier molecular flexibility index (Phi) is 4.20. The SMILES string of the molecule is Cn1cc2cccc(-c3cc(F)c(Cn4c(=O)cnc5ccccc54)c(F)c3)c2c1. The first-order valence-electron chi connectivity index (χ1n) is 9.49. The van der Waals surface area contributed by atoms with Gasteiger partial charge in [0.1, 0.15) is 11.6 Å². The van der Waals surface area contributed by atoms with Gasteiger partial charge >= 0.3 is 0 Å². The number of aryl methyl sites for hydroxylation is 1. The van der Waals surface area contributed by atoms with Crippen LogP contribution in [-0.4, -0.2) is 14.1 Å². The number of halogens is 2. The quantitative estimate of drug-likeness (QED) is 0.432. The Morgan fingerprint density at radius 1 is 0.967 bits per heavy atom. The number of hydrogen-bond donors (Lipinski definition) is 0. The van der Waals surface area contributed by atoms with E-state index in [-0.39, 0.29) is 12.1 Å². The Hall–Kier alpha value is -3.80. The first kappa shape index (κ1) is 18.2. The van der Waals surface area contributed by atoms with Crippen LogP contribution >= 0.6 is 0 Å². The van der Waals surface area contributed by atoms with Crippen molar-refractivity contribution in [3.05, 3.63) is 101 Å². The molecule has 148 valence electrons. The molecule has 30 heavy (non-hydrogen) atoms. The molecule has 0 bridgehead atoms. The highest BCUT2D eigenvalue weighted by atomic mass is 19.1. The van der Waals surface area contributed by atoms with E-state index < -0.39 is 17.2 Å². The van der Waals surface area contributed by atoms with Gasteiger partial charge in [-0.25, -0.2) is 13.8 Å². The smallest absolute Gasteiger partial charge is 0.269 e. The third-order valence-corrected chi connectivity index (χ3v) is 5.34. The second-order valence-corrected chi connectivity index (χ2v) is 7.32. The summed E-state index contributed by atoms with van der Waals surface area (Å²) in [5.74, 6) is -1.38. The maximum absolute atomic E-state index is 15.0. The molecule has 5 aromatic rings. The summed E-state index contributed by atoms with van der Waals surface area (Å²) in [7, 11) is 1.91. The van der Waals surface area contributed by atoms with Crippen molar-refractivity contribution in [2.45, 2.75) is 6.54 Å². The Morgan fingerprint density at radius 2 is 1.73 bits per heavy atom. The van der Waals surface area contributed by atoms with Crippen LogP contribution in [0.1, 0.15) is 5.56 Å². The molecule has 2 aromatic heterocycles. The molecule has 6 heteroatoms. The van der Waals surface area contributed by atoms with E-state index in [9.17, 15) is 4.79 Å². The summed E-state index contributed by atoms with van der Waals surface area (Å²) in [5.41, 5.74) is 1.76. The van der Waals surface area contributed by atoms with Crippen LogP contribution in [0.3, 0.4) is 0 Å². The normalized spacial score (nSPS) is 11.4. The highest BCUT2D eigenvalue weighted by Gasteiger charge is 2.16. The van der Waals surface area contributed by atoms with Crippen molar-refractivity contribution in [1.29, 1.82) is 0 Å². The molecule has 0 N–H and O–H groups in total. The second-order valence-electron chi connectivity index (χ2n) is 7.32. The van der Waals surface area contributed by atoms with E-state index in [0.29, 0.717) is 16.6 Å². The number of para-hydroxylation sites is 2. The molecule has 0 aliphatic rings. The average molecular weight is 401 g/mol. The van der Waals surface area contributed by atoms with Crippen LogP contribution in [0.15, 0.2) is 78.0 Å². The molecule has 0 aliphatic carbocycles. The van der Waals surface area contributed by atoms with Crippen LogP contribution in [0, 0.1) is 11.6 Å².